The Balaban J connectivity index is 0.00000187. The first kappa shape index (κ1) is 27.1. The van der Waals surface area contributed by atoms with Gasteiger partial charge in [0.05, 0.1) is 0 Å². The van der Waals surface area contributed by atoms with E-state index in [2.05, 4.69) is 39.4 Å². The molecule has 7 nitrogen and oxygen atoms in total. The van der Waals surface area contributed by atoms with Crippen LogP contribution in [0.3, 0.4) is 0 Å². The highest BCUT2D eigenvalue weighted by molar-refractivity contribution is 5.34. The minimum absolute atomic E-state index is 0.261. The minimum atomic E-state index is 0.261. The summed E-state index contributed by atoms with van der Waals surface area (Å²) in [5, 5.41) is 3.57. The molecule has 1 N–H and O–H groups in total. The van der Waals surface area contributed by atoms with Gasteiger partial charge in [-0.15, -0.1) is 0 Å². The van der Waals surface area contributed by atoms with Gasteiger partial charge in [0.1, 0.15) is 11.5 Å². The summed E-state index contributed by atoms with van der Waals surface area (Å²) in [6.45, 7) is 12.1. The normalized spacial score (nSPS) is 15.5. The molecule has 0 aliphatic carbocycles. The fraction of sp³-hybridized carbons (Fsp3) is 0.538. The van der Waals surface area contributed by atoms with Crippen LogP contribution in [-0.4, -0.2) is 76.9 Å². The van der Waals surface area contributed by atoms with Crippen LogP contribution in [0.2, 0.25) is 0 Å². The summed E-state index contributed by atoms with van der Waals surface area (Å²) in [4.78, 5) is 4.96. The molecule has 7 heteroatoms. The average Bonchev–Trinajstić information content (AvgIpc) is 2.97. The van der Waals surface area contributed by atoms with Crippen molar-refractivity contribution in [2.75, 3.05) is 67.1 Å². The highest BCUT2D eigenvalue weighted by Gasteiger charge is 2.16. The van der Waals surface area contributed by atoms with Crippen LogP contribution in [0.15, 0.2) is 48.5 Å². The lowest BCUT2D eigenvalue weighted by Gasteiger charge is -2.27. The molecule has 0 amide bonds. The van der Waals surface area contributed by atoms with Gasteiger partial charge in [0, 0.05) is 77.7 Å². The third-order valence-electron chi connectivity index (χ3n) is 5.34. The molecule has 0 bridgehead atoms. The van der Waals surface area contributed by atoms with Gasteiger partial charge in [-0.25, -0.2) is 0 Å². The van der Waals surface area contributed by atoms with Gasteiger partial charge in [-0.2, -0.15) is 0 Å². The van der Waals surface area contributed by atoms with Gasteiger partial charge >= 0.3 is 0 Å². The number of benzene rings is 2. The molecule has 1 heterocycles. The molecular weight excluding hydrogens is 418 g/mol. The number of nitrogens with zero attached hydrogens (tertiary/aromatic N) is 2. The zero-order valence-electron chi connectivity index (χ0n) is 20.7. The second-order valence-corrected chi connectivity index (χ2v) is 7.62. The van der Waals surface area contributed by atoms with Crippen molar-refractivity contribution in [1.82, 2.24) is 15.1 Å². The summed E-state index contributed by atoms with van der Waals surface area (Å²) >= 11 is 0. The van der Waals surface area contributed by atoms with Gasteiger partial charge in [-0.3, -0.25) is 9.80 Å². The van der Waals surface area contributed by atoms with Crippen molar-refractivity contribution >= 4 is 0 Å². The zero-order chi connectivity index (χ0) is 23.7. The van der Waals surface area contributed by atoms with E-state index in [4.69, 9.17) is 18.9 Å². The van der Waals surface area contributed by atoms with Gasteiger partial charge < -0.3 is 24.3 Å². The van der Waals surface area contributed by atoms with Crippen LogP contribution in [0.5, 0.6) is 11.5 Å². The summed E-state index contributed by atoms with van der Waals surface area (Å²) < 4.78 is 21.7. The number of hydrogen-bond donors (Lipinski definition) is 1. The summed E-state index contributed by atoms with van der Waals surface area (Å²) in [6, 6.07) is 16.4. The molecule has 1 fully saturated rings. The molecular formula is C26H41N3O4. The molecule has 0 aromatic heterocycles. The molecule has 0 unspecified atom stereocenters. The second-order valence-electron chi connectivity index (χ2n) is 7.62. The molecule has 1 aliphatic heterocycles. The molecule has 3 rings (SSSR count). The minimum Gasteiger partial charge on any atom is -0.467 e. The molecule has 0 saturated carbocycles. The fourth-order valence-electron chi connectivity index (χ4n) is 3.70. The Morgan fingerprint density at radius 3 is 1.52 bits per heavy atom. The Morgan fingerprint density at radius 1 is 0.667 bits per heavy atom. The fourth-order valence-corrected chi connectivity index (χ4v) is 3.70. The van der Waals surface area contributed by atoms with Crippen LogP contribution >= 0.6 is 0 Å². The number of nitrogens with one attached hydrogen (secondary N) is 1. The van der Waals surface area contributed by atoms with Crippen molar-refractivity contribution in [3.8, 4) is 11.5 Å². The van der Waals surface area contributed by atoms with Gasteiger partial charge in [0.25, 0.3) is 0 Å². The summed E-state index contributed by atoms with van der Waals surface area (Å²) in [5.41, 5.74) is 2.37. The zero-order valence-corrected chi connectivity index (χ0v) is 20.7. The third-order valence-corrected chi connectivity index (χ3v) is 5.34. The Morgan fingerprint density at radius 2 is 1.09 bits per heavy atom. The van der Waals surface area contributed by atoms with E-state index in [0.717, 1.165) is 63.9 Å². The number of para-hydroxylation sites is 2. The van der Waals surface area contributed by atoms with E-state index in [-0.39, 0.29) is 13.6 Å². The molecule has 0 spiro atoms. The van der Waals surface area contributed by atoms with E-state index in [9.17, 15) is 0 Å². The molecule has 1 saturated heterocycles. The van der Waals surface area contributed by atoms with Crippen molar-refractivity contribution in [2.45, 2.75) is 26.9 Å². The van der Waals surface area contributed by atoms with Crippen LogP contribution in [0.25, 0.3) is 0 Å². The monoisotopic (exact) mass is 459 g/mol. The third kappa shape index (κ3) is 9.70. The summed E-state index contributed by atoms with van der Waals surface area (Å²) in [7, 11) is 3.28. The molecule has 2 aromatic carbocycles. The first-order valence-electron chi connectivity index (χ1n) is 11.8. The summed E-state index contributed by atoms with van der Waals surface area (Å²) in [5.74, 6) is 1.77. The lowest BCUT2D eigenvalue weighted by atomic mass is 10.1. The van der Waals surface area contributed by atoms with Gasteiger partial charge in [-0.05, 0) is 12.1 Å². The number of rotatable bonds is 10. The van der Waals surface area contributed by atoms with Crippen molar-refractivity contribution in [1.29, 1.82) is 0 Å². The lowest BCUT2D eigenvalue weighted by molar-refractivity contribution is 0.0493. The topological polar surface area (TPSA) is 55.4 Å². The van der Waals surface area contributed by atoms with Crippen molar-refractivity contribution in [2.24, 2.45) is 0 Å². The van der Waals surface area contributed by atoms with Crippen LogP contribution < -0.4 is 14.8 Å². The number of hydrogen-bond acceptors (Lipinski definition) is 7. The highest BCUT2D eigenvalue weighted by Crippen LogP contribution is 2.22. The maximum absolute atomic E-state index is 5.75. The molecule has 0 radical (unpaired) electrons. The maximum Gasteiger partial charge on any atom is 0.188 e. The second kappa shape index (κ2) is 16.5. The average molecular weight is 460 g/mol. The number of methoxy groups -OCH3 is 2. The molecule has 33 heavy (non-hydrogen) atoms. The smallest absolute Gasteiger partial charge is 0.188 e. The first-order chi connectivity index (χ1) is 16.3. The van der Waals surface area contributed by atoms with Crippen molar-refractivity contribution < 1.29 is 18.9 Å². The Labute approximate surface area is 199 Å². The van der Waals surface area contributed by atoms with Crippen LogP contribution in [0, 0.1) is 0 Å². The van der Waals surface area contributed by atoms with Crippen molar-refractivity contribution in [3.05, 3.63) is 59.7 Å². The molecule has 184 valence electrons. The largest absolute Gasteiger partial charge is 0.467 e. The molecule has 2 aromatic rings. The predicted octanol–water partition coefficient (Wildman–Crippen LogP) is 3.59. The lowest BCUT2D eigenvalue weighted by Crippen LogP contribution is -2.35. The van der Waals surface area contributed by atoms with Crippen LogP contribution in [-0.2, 0) is 22.6 Å². The van der Waals surface area contributed by atoms with E-state index in [1.807, 2.05) is 38.1 Å². The maximum atomic E-state index is 5.75. The Kier molecular flexibility index (Phi) is 13.5. The van der Waals surface area contributed by atoms with Gasteiger partial charge in [-0.1, -0.05) is 50.2 Å². The standard InChI is InChI=1S/C24H35N3O4.C2H6/c1-28-19-30-23-9-5-3-7-21(23)17-26-13-11-25-12-14-27(16-15-26)18-22-8-4-6-10-24(22)31-20-29-2;1-2/h3-10,25H,11-20H2,1-2H3;1-2H3. The Hall–Kier alpha value is -2.16. The van der Waals surface area contributed by atoms with Crippen LogP contribution in [0.1, 0.15) is 25.0 Å². The quantitative estimate of drug-likeness (QED) is 0.545. The SMILES string of the molecule is CC.COCOc1ccccc1CN1CCNCCN(Cc2ccccc2OCOC)CC1. The van der Waals surface area contributed by atoms with E-state index in [1.165, 1.54) is 11.1 Å². The van der Waals surface area contributed by atoms with E-state index in [1.54, 1.807) is 14.2 Å². The first-order valence-corrected chi connectivity index (χ1v) is 11.8. The number of ether oxygens (including phenoxy) is 4. The van der Waals surface area contributed by atoms with Crippen LogP contribution in [0.4, 0.5) is 0 Å². The van der Waals surface area contributed by atoms with E-state index in [0.29, 0.717) is 0 Å². The predicted molar refractivity (Wildman–Crippen MR) is 133 cm³/mol. The van der Waals surface area contributed by atoms with Gasteiger partial charge in [0.2, 0.25) is 0 Å². The van der Waals surface area contributed by atoms with Crippen molar-refractivity contribution in [3.63, 3.8) is 0 Å². The van der Waals surface area contributed by atoms with E-state index < -0.39 is 0 Å². The summed E-state index contributed by atoms with van der Waals surface area (Å²) in [6.07, 6.45) is 0. The molecule has 0 atom stereocenters. The highest BCUT2D eigenvalue weighted by atomic mass is 16.7. The van der Waals surface area contributed by atoms with E-state index >= 15 is 0 Å². The Bertz CT molecular complexity index is 711. The molecule has 1 aliphatic rings. The van der Waals surface area contributed by atoms with Gasteiger partial charge in [0.15, 0.2) is 13.6 Å².